The highest BCUT2D eigenvalue weighted by Crippen LogP contribution is 2.20. The van der Waals surface area contributed by atoms with Crippen LogP contribution in [0, 0.1) is 0 Å². The Labute approximate surface area is 139 Å². The number of rotatable bonds is 5. The minimum atomic E-state index is 0.0330. The van der Waals surface area contributed by atoms with Gasteiger partial charge >= 0.3 is 0 Å². The van der Waals surface area contributed by atoms with Gasteiger partial charge < -0.3 is 4.90 Å². The van der Waals surface area contributed by atoms with Crippen LogP contribution in [0.2, 0.25) is 0 Å². The third-order valence-corrected chi connectivity index (χ3v) is 5.67. The van der Waals surface area contributed by atoms with Gasteiger partial charge in [0.25, 0.3) is 5.56 Å². The fourth-order valence-electron chi connectivity index (χ4n) is 3.88. The Balaban J connectivity index is 1.57. The quantitative estimate of drug-likeness (QED) is 0.896. The first kappa shape index (κ1) is 16.7. The summed E-state index contributed by atoms with van der Waals surface area (Å²) in [6.07, 6.45) is 6.48. The Bertz CT molecular complexity index is 575. The summed E-state index contributed by atoms with van der Waals surface area (Å²) in [6, 6.07) is 0.699. The minimum Gasteiger partial charge on any atom is -0.300 e. The molecule has 1 aromatic heterocycles. The zero-order valence-electron chi connectivity index (χ0n) is 14.6. The van der Waals surface area contributed by atoms with E-state index in [2.05, 4.69) is 33.8 Å². The van der Waals surface area contributed by atoms with Crippen LogP contribution in [0.4, 0.5) is 0 Å². The van der Waals surface area contributed by atoms with Gasteiger partial charge in [0.1, 0.15) is 0 Å². The SMILES string of the molecule is CCC(C)N1CCN(CCc2n[nH]c(=O)c3c2CCCC3)CC1. The molecule has 1 aliphatic heterocycles. The van der Waals surface area contributed by atoms with E-state index >= 15 is 0 Å². The molecule has 128 valence electrons. The van der Waals surface area contributed by atoms with Gasteiger partial charge in [-0.05, 0) is 44.6 Å². The smallest absolute Gasteiger partial charge is 0.267 e. The van der Waals surface area contributed by atoms with E-state index in [1.54, 1.807) is 0 Å². The van der Waals surface area contributed by atoms with E-state index in [-0.39, 0.29) is 5.56 Å². The summed E-state index contributed by atoms with van der Waals surface area (Å²) in [5, 5.41) is 7.07. The molecule has 2 heterocycles. The average molecular weight is 318 g/mol. The Hall–Kier alpha value is -1.20. The maximum atomic E-state index is 11.9. The van der Waals surface area contributed by atoms with Gasteiger partial charge in [-0.3, -0.25) is 9.69 Å². The highest BCUT2D eigenvalue weighted by atomic mass is 16.1. The monoisotopic (exact) mass is 318 g/mol. The number of hydrogen-bond donors (Lipinski definition) is 1. The molecule has 1 atom stereocenters. The fourth-order valence-corrected chi connectivity index (χ4v) is 3.88. The number of nitrogens with one attached hydrogen (secondary N) is 1. The minimum absolute atomic E-state index is 0.0330. The Kier molecular flexibility index (Phi) is 5.49. The first-order valence-electron chi connectivity index (χ1n) is 9.24. The van der Waals surface area contributed by atoms with Crippen molar-refractivity contribution in [1.29, 1.82) is 0 Å². The highest BCUT2D eigenvalue weighted by molar-refractivity contribution is 5.30. The van der Waals surface area contributed by atoms with Crippen molar-refractivity contribution in [2.24, 2.45) is 0 Å². The first-order valence-corrected chi connectivity index (χ1v) is 9.24. The molecule has 0 amide bonds. The zero-order chi connectivity index (χ0) is 16.2. The van der Waals surface area contributed by atoms with Crippen LogP contribution in [0.1, 0.15) is 49.9 Å². The molecular weight excluding hydrogens is 288 g/mol. The predicted molar refractivity (Wildman–Crippen MR) is 93.0 cm³/mol. The van der Waals surface area contributed by atoms with Crippen LogP contribution in [-0.4, -0.2) is 58.8 Å². The Morgan fingerprint density at radius 1 is 1.13 bits per heavy atom. The summed E-state index contributed by atoms with van der Waals surface area (Å²) in [5.74, 6) is 0. The van der Waals surface area contributed by atoms with Crippen LogP contribution in [-0.2, 0) is 19.3 Å². The summed E-state index contributed by atoms with van der Waals surface area (Å²) in [6.45, 7) is 10.3. The van der Waals surface area contributed by atoms with Crippen LogP contribution >= 0.6 is 0 Å². The molecule has 1 aliphatic carbocycles. The van der Waals surface area contributed by atoms with Gasteiger partial charge in [-0.2, -0.15) is 5.10 Å². The van der Waals surface area contributed by atoms with E-state index < -0.39 is 0 Å². The van der Waals surface area contributed by atoms with Crippen molar-refractivity contribution in [3.63, 3.8) is 0 Å². The molecule has 1 saturated heterocycles. The van der Waals surface area contributed by atoms with Crippen molar-refractivity contribution in [3.8, 4) is 0 Å². The van der Waals surface area contributed by atoms with Crippen molar-refractivity contribution in [3.05, 3.63) is 27.2 Å². The van der Waals surface area contributed by atoms with Crippen LogP contribution < -0.4 is 5.56 Å². The summed E-state index contributed by atoms with van der Waals surface area (Å²) in [4.78, 5) is 17.1. The second-order valence-electron chi connectivity index (χ2n) is 7.05. The van der Waals surface area contributed by atoms with E-state index in [0.717, 1.165) is 56.6 Å². The van der Waals surface area contributed by atoms with Crippen molar-refractivity contribution < 1.29 is 0 Å². The van der Waals surface area contributed by atoms with Crippen molar-refractivity contribution >= 4 is 0 Å². The fraction of sp³-hybridized carbons (Fsp3) is 0.778. The average Bonchev–Trinajstić information content (AvgIpc) is 2.61. The standard InChI is InChI=1S/C18H30N4O/c1-3-14(2)22-12-10-21(11-13-22)9-8-17-15-6-4-5-7-16(15)18(23)20-19-17/h14H,3-13H2,1-2H3,(H,20,23). The molecule has 1 N–H and O–H groups in total. The lowest BCUT2D eigenvalue weighted by atomic mass is 9.91. The van der Waals surface area contributed by atoms with E-state index in [1.807, 2.05) is 0 Å². The molecule has 0 spiro atoms. The molecule has 1 aromatic rings. The second kappa shape index (κ2) is 7.58. The normalized spacial score (nSPS) is 21.1. The van der Waals surface area contributed by atoms with Crippen molar-refractivity contribution in [1.82, 2.24) is 20.0 Å². The lowest BCUT2D eigenvalue weighted by Crippen LogP contribution is -2.49. The first-order chi connectivity index (χ1) is 11.2. The number of H-pyrrole nitrogens is 1. The number of hydrogen-bond acceptors (Lipinski definition) is 4. The molecule has 5 nitrogen and oxygen atoms in total. The van der Waals surface area contributed by atoms with E-state index in [4.69, 9.17) is 0 Å². The Morgan fingerprint density at radius 3 is 2.52 bits per heavy atom. The van der Waals surface area contributed by atoms with Gasteiger partial charge in [-0.25, -0.2) is 5.10 Å². The van der Waals surface area contributed by atoms with Gasteiger partial charge in [-0.1, -0.05) is 6.92 Å². The maximum absolute atomic E-state index is 11.9. The van der Waals surface area contributed by atoms with E-state index in [0.29, 0.717) is 6.04 Å². The van der Waals surface area contributed by atoms with Crippen LogP contribution in [0.15, 0.2) is 4.79 Å². The molecule has 3 rings (SSSR count). The topological polar surface area (TPSA) is 52.2 Å². The number of aromatic amines is 1. The highest BCUT2D eigenvalue weighted by Gasteiger charge is 2.21. The third kappa shape index (κ3) is 3.83. The third-order valence-electron chi connectivity index (χ3n) is 5.67. The van der Waals surface area contributed by atoms with E-state index in [9.17, 15) is 4.79 Å². The molecule has 0 aromatic carbocycles. The molecule has 0 saturated carbocycles. The van der Waals surface area contributed by atoms with Crippen LogP contribution in [0.5, 0.6) is 0 Å². The van der Waals surface area contributed by atoms with Gasteiger partial charge in [-0.15, -0.1) is 0 Å². The number of aromatic nitrogens is 2. The Morgan fingerprint density at radius 2 is 1.83 bits per heavy atom. The number of nitrogens with zero attached hydrogens (tertiary/aromatic N) is 3. The van der Waals surface area contributed by atoms with Gasteiger partial charge in [0.15, 0.2) is 0 Å². The molecule has 23 heavy (non-hydrogen) atoms. The lowest BCUT2D eigenvalue weighted by molar-refractivity contribution is 0.101. The lowest BCUT2D eigenvalue weighted by Gasteiger charge is -2.37. The van der Waals surface area contributed by atoms with Gasteiger partial charge in [0.2, 0.25) is 0 Å². The number of piperazine rings is 1. The molecule has 2 aliphatic rings. The second-order valence-corrected chi connectivity index (χ2v) is 7.05. The molecule has 0 bridgehead atoms. The van der Waals surface area contributed by atoms with Gasteiger partial charge in [0, 0.05) is 50.7 Å². The summed E-state index contributed by atoms with van der Waals surface area (Å²) in [7, 11) is 0. The molecular formula is C18H30N4O. The zero-order valence-corrected chi connectivity index (χ0v) is 14.6. The number of fused-ring (bicyclic) bond motifs is 1. The largest absolute Gasteiger partial charge is 0.300 e. The van der Waals surface area contributed by atoms with Crippen molar-refractivity contribution in [2.75, 3.05) is 32.7 Å². The van der Waals surface area contributed by atoms with E-state index in [1.165, 1.54) is 31.5 Å². The molecule has 0 radical (unpaired) electrons. The summed E-state index contributed by atoms with van der Waals surface area (Å²) < 4.78 is 0. The van der Waals surface area contributed by atoms with Gasteiger partial charge in [0.05, 0.1) is 5.69 Å². The summed E-state index contributed by atoms with van der Waals surface area (Å²) >= 11 is 0. The van der Waals surface area contributed by atoms with Crippen LogP contribution in [0.25, 0.3) is 0 Å². The molecule has 1 unspecified atom stereocenters. The van der Waals surface area contributed by atoms with Crippen LogP contribution in [0.3, 0.4) is 0 Å². The summed E-state index contributed by atoms with van der Waals surface area (Å²) in [5.41, 5.74) is 3.41. The molecule has 1 fully saturated rings. The molecule has 5 heteroatoms. The predicted octanol–water partition coefficient (Wildman–Crippen LogP) is 1.61. The van der Waals surface area contributed by atoms with Crippen molar-refractivity contribution in [2.45, 2.75) is 58.4 Å². The maximum Gasteiger partial charge on any atom is 0.267 e.